The van der Waals surface area contributed by atoms with Crippen LogP contribution < -0.4 is 5.32 Å². The first-order chi connectivity index (χ1) is 12.5. The number of amides is 1. The van der Waals surface area contributed by atoms with Gasteiger partial charge in [0.2, 0.25) is 5.91 Å². The molecule has 0 fully saturated rings. The minimum Gasteiger partial charge on any atom is -0.353 e. The monoisotopic (exact) mass is 383 g/mol. The van der Waals surface area contributed by atoms with Gasteiger partial charge in [-0.15, -0.1) is 11.3 Å². The van der Waals surface area contributed by atoms with E-state index in [2.05, 4.69) is 25.3 Å². The standard InChI is InChI=1S/C18H14ClN5OS/c1-9-8-26-18(22-9)15-16(24-13-6-12(19)7-21-17(13)15)11-3-4-20-14(5-11)23-10(2)25/h3-8,24H,1-2H3,(H,20,23,25). The third-order valence-electron chi connectivity index (χ3n) is 3.79. The van der Waals surface area contributed by atoms with Gasteiger partial charge in [0.05, 0.1) is 27.3 Å². The quantitative estimate of drug-likeness (QED) is 0.538. The van der Waals surface area contributed by atoms with Crippen LogP contribution in [0.3, 0.4) is 0 Å². The molecule has 130 valence electrons. The van der Waals surface area contributed by atoms with Crippen molar-refractivity contribution in [2.75, 3.05) is 5.32 Å². The zero-order valence-electron chi connectivity index (χ0n) is 14.0. The van der Waals surface area contributed by atoms with Crippen molar-refractivity contribution < 1.29 is 4.79 Å². The van der Waals surface area contributed by atoms with Crippen LogP contribution in [-0.2, 0) is 4.79 Å². The summed E-state index contributed by atoms with van der Waals surface area (Å²) in [6.45, 7) is 3.41. The van der Waals surface area contributed by atoms with Crippen LogP contribution in [0.2, 0.25) is 5.02 Å². The number of hydrogen-bond acceptors (Lipinski definition) is 5. The molecule has 0 aromatic carbocycles. The van der Waals surface area contributed by atoms with E-state index >= 15 is 0 Å². The highest BCUT2D eigenvalue weighted by atomic mass is 35.5. The second kappa shape index (κ2) is 6.51. The fraction of sp³-hybridized carbons (Fsp3) is 0.111. The van der Waals surface area contributed by atoms with Crippen LogP contribution >= 0.6 is 22.9 Å². The molecule has 0 aliphatic rings. The largest absolute Gasteiger partial charge is 0.353 e. The molecule has 0 saturated heterocycles. The Morgan fingerprint density at radius 3 is 2.88 bits per heavy atom. The number of thiazole rings is 1. The molecule has 0 unspecified atom stereocenters. The number of carbonyl (C=O) groups excluding carboxylic acids is 1. The molecule has 4 heterocycles. The Kier molecular flexibility index (Phi) is 4.18. The number of H-pyrrole nitrogens is 1. The number of halogens is 1. The molecule has 8 heteroatoms. The van der Waals surface area contributed by atoms with Gasteiger partial charge in [-0.1, -0.05) is 11.6 Å². The summed E-state index contributed by atoms with van der Waals surface area (Å²) < 4.78 is 0. The maximum atomic E-state index is 11.3. The first-order valence-electron chi connectivity index (χ1n) is 7.85. The number of nitrogens with zero attached hydrogens (tertiary/aromatic N) is 3. The van der Waals surface area contributed by atoms with Gasteiger partial charge in [0, 0.05) is 36.0 Å². The SMILES string of the molecule is CC(=O)Nc1cc(-c2[nH]c3cc(Cl)cnc3c2-c2nc(C)cs2)ccn1. The van der Waals surface area contributed by atoms with Crippen molar-refractivity contribution in [3.05, 3.63) is 46.7 Å². The van der Waals surface area contributed by atoms with Crippen LogP contribution in [0, 0.1) is 6.92 Å². The van der Waals surface area contributed by atoms with Gasteiger partial charge >= 0.3 is 0 Å². The van der Waals surface area contributed by atoms with E-state index in [4.69, 9.17) is 11.6 Å². The van der Waals surface area contributed by atoms with Crippen molar-refractivity contribution in [1.29, 1.82) is 0 Å². The minimum atomic E-state index is -0.171. The summed E-state index contributed by atoms with van der Waals surface area (Å²) in [4.78, 5) is 28.0. The van der Waals surface area contributed by atoms with E-state index in [9.17, 15) is 4.79 Å². The van der Waals surface area contributed by atoms with Gasteiger partial charge in [0.25, 0.3) is 0 Å². The van der Waals surface area contributed by atoms with Crippen molar-refractivity contribution in [2.45, 2.75) is 13.8 Å². The average molecular weight is 384 g/mol. The molecule has 0 atom stereocenters. The zero-order chi connectivity index (χ0) is 18.3. The van der Waals surface area contributed by atoms with Gasteiger partial charge < -0.3 is 10.3 Å². The van der Waals surface area contributed by atoms with Crippen LogP contribution in [0.1, 0.15) is 12.6 Å². The lowest BCUT2D eigenvalue weighted by Crippen LogP contribution is -2.07. The summed E-state index contributed by atoms with van der Waals surface area (Å²) in [6.07, 6.45) is 3.28. The van der Waals surface area contributed by atoms with Crippen molar-refractivity contribution in [1.82, 2.24) is 19.9 Å². The van der Waals surface area contributed by atoms with Crippen molar-refractivity contribution >= 4 is 45.7 Å². The van der Waals surface area contributed by atoms with Crippen molar-refractivity contribution in [3.8, 4) is 21.8 Å². The molecule has 0 aliphatic carbocycles. The highest BCUT2D eigenvalue weighted by Gasteiger charge is 2.19. The lowest BCUT2D eigenvalue weighted by Gasteiger charge is -2.05. The second-order valence-electron chi connectivity index (χ2n) is 5.83. The van der Waals surface area contributed by atoms with Crippen LogP contribution in [0.4, 0.5) is 5.82 Å². The lowest BCUT2D eigenvalue weighted by molar-refractivity contribution is -0.114. The van der Waals surface area contributed by atoms with E-state index in [0.29, 0.717) is 10.8 Å². The maximum Gasteiger partial charge on any atom is 0.222 e. The summed E-state index contributed by atoms with van der Waals surface area (Å²) in [5.41, 5.74) is 5.23. The first kappa shape index (κ1) is 16.7. The Balaban J connectivity index is 1.96. The van der Waals surface area contributed by atoms with E-state index in [1.807, 2.05) is 30.5 Å². The van der Waals surface area contributed by atoms with Gasteiger partial charge in [-0.3, -0.25) is 9.78 Å². The molecule has 1 amide bonds. The predicted octanol–water partition coefficient (Wildman–Crippen LogP) is 4.67. The highest BCUT2D eigenvalue weighted by Crippen LogP contribution is 2.39. The molecule has 0 spiro atoms. The number of nitrogens with one attached hydrogen (secondary N) is 2. The Morgan fingerprint density at radius 2 is 2.15 bits per heavy atom. The van der Waals surface area contributed by atoms with Crippen molar-refractivity contribution in [2.24, 2.45) is 0 Å². The molecule has 0 saturated carbocycles. The molecule has 6 nitrogen and oxygen atoms in total. The molecule has 0 radical (unpaired) electrons. The van der Waals surface area contributed by atoms with E-state index in [-0.39, 0.29) is 5.91 Å². The normalized spacial score (nSPS) is 11.0. The predicted molar refractivity (Wildman–Crippen MR) is 104 cm³/mol. The van der Waals surface area contributed by atoms with Crippen LogP contribution in [-0.4, -0.2) is 25.8 Å². The average Bonchev–Trinajstić information content (AvgIpc) is 3.17. The molecule has 0 aliphatic heterocycles. The van der Waals surface area contributed by atoms with E-state index < -0.39 is 0 Å². The number of aromatic amines is 1. The molecule has 4 rings (SSSR count). The number of carbonyl (C=O) groups is 1. The van der Waals surface area contributed by atoms with Gasteiger partial charge in [0.15, 0.2) is 0 Å². The lowest BCUT2D eigenvalue weighted by atomic mass is 10.1. The molecular weight excluding hydrogens is 370 g/mol. The third kappa shape index (κ3) is 3.07. The maximum absolute atomic E-state index is 11.3. The van der Waals surface area contributed by atoms with E-state index in [1.165, 1.54) is 6.92 Å². The second-order valence-corrected chi connectivity index (χ2v) is 7.12. The summed E-state index contributed by atoms with van der Waals surface area (Å²) >= 11 is 7.67. The van der Waals surface area contributed by atoms with Gasteiger partial charge in [-0.25, -0.2) is 9.97 Å². The topological polar surface area (TPSA) is 83.6 Å². The summed E-state index contributed by atoms with van der Waals surface area (Å²) in [6, 6.07) is 5.53. The fourth-order valence-electron chi connectivity index (χ4n) is 2.78. The van der Waals surface area contributed by atoms with E-state index in [0.717, 1.165) is 38.6 Å². The van der Waals surface area contributed by atoms with Gasteiger partial charge in [0.1, 0.15) is 10.8 Å². The molecule has 2 N–H and O–H groups in total. The highest BCUT2D eigenvalue weighted by molar-refractivity contribution is 7.13. The third-order valence-corrected chi connectivity index (χ3v) is 4.97. The van der Waals surface area contributed by atoms with Crippen molar-refractivity contribution in [3.63, 3.8) is 0 Å². The Labute approximate surface area is 158 Å². The van der Waals surface area contributed by atoms with Gasteiger partial charge in [-0.2, -0.15) is 0 Å². The summed E-state index contributed by atoms with van der Waals surface area (Å²) in [5.74, 6) is 0.316. The van der Waals surface area contributed by atoms with E-state index in [1.54, 1.807) is 23.7 Å². The number of aryl methyl sites for hydroxylation is 1. The smallest absolute Gasteiger partial charge is 0.222 e. The summed E-state index contributed by atoms with van der Waals surface area (Å²) in [7, 11) is 0. The zero-order valence-corrected chi connectivity index (χ0v) is 15.6. The molecule has 26 heavy (non-hydrogen) atoms. The number of aromatic nitrogens is 4. The number of rotatable bonds is 3. The Morgan fingerprint density at radius 1 is 1.31 bits per heavy atom. The summed E-state index contributed by atoms with van der Waals surface area (Å²) in [5, 5.41) is 6.14. The molecular formula is C18H14ClN5OS. The molecule has 4 aromatic heterocycles. The first-order valence-corrected chi connectivity index (χ1v) is 9.11. The Bertz CT molecular complexity index is 1130. The number of anilines is 1. The van der Waals surface area contributed by atoms with Gasteiger partial charge in [-0.05, 0) is 25.1 Å². The number of pyridine rings is 2. The fourth-order valence-corrected chi connectivity index (χ4v) is 3.78. The Hall–Kier alpha value is -2.77. The van der Waals surface area contributed by atoms with Crippen LogP contribution in [0.5, 0.6) is 0 Å². The molecule has 4 aromatic rings. The minimum absolute atomic E-state index is 0.171. The molecule has 0 bridgehead atoms. The number of fused-ring (bicyclic) bond motifs is 1. The van der Waals surface area contributed by atoms with Crippen LogP contribution in [0.15, 0.2) is 36.0 Å². The number of hydrogen-bond donors (Lipinski definition) is 2. The van der Waals surface area contributed by atoms with Crippen LogP contribution in [0.25, 0.3) is 32.9 Å².